The van der Waals surface area contributed by atoms with Gasteiger partial charge in [-0.1, -0.05) is 13.3 Å². The van der Waals surface area contributed by atoms with Crippen molar-refractivity contribution in [2.45, 2.75) is 53.1 Å². The van der Waals surface area contributed by atoms with Crippen molar-refractivity contribution in [2.75, 3.05) is 6.54 Å². The van der Waals surface area contributed by atoms with E-state index in [1.54, 1.807) is 0 Å². The van der Waals surface area contributed by atoms with Crippen LogP contribution in [-0.2, 0) is 6.54 Å². The molecule has 0 spiro atoms. The number of rotatable bonds is 6. The zero-order valence-corrected chi connectivity index (χ0v) is 12.3. The van der Waals surface area contributed by atoms with Crippen molar-refractivity contribution in [1.82, 2.24) is 15.1 Å². The van der Waals surface area contributed by atoms with Crippen LogP contribution in [0.4, 0.5) is 0 Å². The molecular formula is C12H22BrN3. The summed E-state index contributed by atoms with van der Waals surface area (Å²) in [6, 6.07) is 0.602. The average Bonchev–Trinajstić information content (AvgIpc) is 2.47. The van der Waals surface area contributed by atoms with Crippen molar-refractivity contribution in [3.8, 4) is 0 Å². The summed E-state index contributed by atoms with van der Waals surface area (Å²) in [5, 5.41) is 7.99. The summed E-state index contributed by atoms with van der Waals surface area (Å²) >= 11 is 3.54. The highest BCUT2D eigenvalue weighted by atomic mass is 79.9. The van der Waals surface area contributed by atoms with Crippen LogP contribution in [0.2, 0.25) is 0 Å². The Morgan fingerprint density at radius 1 is 1.44 bits per heavy atom. The third-order valence-corrected chi connectivity index (χ3v) is 3.98. The van der Waals surface area contributed by atoms with Crippen molar-refractivity contribution in [3.05, 3.63) is 15.9 Å². The van der Waals surface area contributed by atoms with E-state index in [9.17, 15) is 0 Å². The summed E-state index contributed by atoms with van der Waals surface area (Å²) < 4.78 is 3.19. The molecule has 1 unspecified atom stereocenters. The van der Waals surface area contributed by atoms with Crippen molar-refractivity contribution in [3.63, 3.8) is 0 Å². The first-order valence-electron chi connectivity index (χ1n) is 5.99. The van der Waals surface area contributed by atoms with Crippen LogP contribution in [0.15, 0.2) is 4.47 Å². The average molecular weight is 288 g/mol. The van der Waals surface area contributed by atoms with Gasteiger partial charge in [-0.15, -0.1) is 0 Å². The minimum absolute atomic E-state index is 0.602. The van der Waals surface area contributed by atoms with Gasteiger partial charge in [-0.25, -0.2) is 0 Å². The monoisotopic (exact) mass is 287 g/mol. The Morgan fingerprint density at radius 2 is 2.12 bits per heavy atom. The highest BCUT2D eigenvalue weighted by Gasteiger charge is 2.08. The summed E-state index contributed by atoms with van der Waals surface area (Å²) in [6.45, 7) is 10.5. The van der Waals surface area contributed by atoms with Gasteiger partial charge in [0.25, 0.3) is 0 Å². The van der Waals surface area contributed by atoms with Crippen LogP contribution in [0.1, 0.15) is 38.1 Å². The van der Waals surface area contributed by atoms with Gasteiger partial charge in [0.1, 0.15) is 0 Å². The first-order chi connectivity index (χ1) is 7.56. The van der Waals surface area contributed by atoms with Gasteiger partial charge in [0.05, 0.1) is 16.7 Å². The van der Waals surface area contributed by atoms with Gasteiger partial charge in [0.15, 0.2) is 0 Å². The Balaban J connectivity index is 2.40. The number of aryl methyl sites for hydroxylation is 1. The number of nitrogens with one attached hydrogen (secondary N) is 1. The second kappa shape index (κ2) is 6.40. The van der Waals surface area contributed by atoms with Crippen LogP contribution in [0.3, 0.4) is 0 Å². The molecule has 1 heterocycles. The number of hydrogen-bond donors (Lipinski definition) is 1. The van der Waals surface area contributed by atoms with Crippen molar-refractivity contribution in [1.29, 1.82) is 0 Å². The molecule has 1 aromatic rings. The van der Waals surface area contributed by atoms with Gasteiger partial charge in [0.2, 0.25) is 0 Å². The van der Waals surface area contributed by atoms with Gasteiger partial charge in [0, 0.05) is 18.3 Å². The van der Waals surface area contributed by atoms with Gasteiger partial charge in [-0.2, -0.15) is 5.10 Å². The predicted molar refractivity (Wildman–Crippen MR) is 71.8 cm³/mol. The van der Waals surface area contributed by atoms with E-state index in [2.05, 4.69) is 51.8 Å². The van der Waals surface area contributed by atoms with Crippen molar-refractivity contribution < 1.29 is 0 Å². The van der Waals surface area contributed by atoms with Gasteiger partial charge in [-0.3, -0.25) is 4.68 Å². The molecule has 0 aromatic carbocycles. The quantitative estimate of drug-likeness (QED) is 0.872. The fourth-order valence-electron chi connectivity index (χ4n) is 1.84. The van der Waals surface area contributed by atoms with Crippen LogP contribution in [0.5, 0.6) is 0 Å². The van der Waals surface area contributed by atoms with Crippen LogP contribution in [-0.4, -0.2) is 22.4 Å². The molecule has 0 saturated carbocycles. The lowest BCUT2D eigenvalue weighted by Crippen LogP contribution is -2.29. The molecule has 0 saturated heterocycles. The molecule has 1 rings (SSSR count). The molecule has 1 atom stereocenters. The van der Waals surface area contributed by atoms with Crippen molar-refractivity contribution in [2.24, 2.45) is 0 Å². The molecule has 16 heavy (non-hydrogen) atoms. The summed E-state index contributed by atoms with van der Waals surface area (Å²) in [7, 11) is 0. The summed E-state index contributed by atoms with van der Waals surface area (Å²) in [4.78, 5) is 0. The first kappa shape index (κ1) is 13.7. The number of aromatic nitrogens is 2. The molecule has 0 amide bonds. The molecule has 0 aliphatic heterocycles. The topological polar surface area (TPSA) is 29.9 Å². The predicted octanol–water partition coefficient (Wildman–Crippen LogP) is 3.04. The molecule has 0 radical (unpaired) electrons. The zero-order chi connectivity index (χ0) is 12.1. The van der Waals surface area contributed by atoms with E-state index >= 15 is 0 Å². The van der Waals surface area contributed by atoms with E-state index in [1.165, 1.54) is 18.5 Å². The van der Waals surface area contributed by atoms with Crippen molar-refractivity contribution >= 4 is 15.9 Å². The van der Waals surface area contributed by atoms with Crippen LogP contribution >= 0.6 is 15.9 Å². The van der Waals surface area contributed by atoms with Gasteiger partial charge >= 0.3 is 0 Å². The molecule has 92 valence electrons. The lowest BCUT2D eigenvalue weighted by atomic mass is 10.2. The van der Waals surface area contributed by atoms with Crippen LogP contribution in [0, 0.1) is 13.8 Å². The van der Waals surface area contributed by atoms with Gasteiger partial charge < -0.3 is 5.32 Å². The number of hydrogen-bond acceptors (Lipinski definition) is 2. The number of nitrogens with zero attached hydrogens (tertiary/aromatic N) is 2. The summed E-state index contributed by atoms with van der Waals surface area (Å²) in [6.07, 6.45) is 2.47. The highest BCUT2D eigenvalue weighted by molar-refractivity contribution is 9.10. The highest BCUT2D eigenvalue weighted by Crippen LogP contribution is 2.19. The molecule has 3 nitrogen and oxygen atoms in total. The molecule has 0 bridgehead atoms. The van der Waals surface area contributed by atoms with E-state index in [1.807, 2.05) is 6.92 Å². The normalized spacial score (nSPS) is 13.1. The van der Waals surface area contributed by atoms with Crippen LogP contribution in [0.25, 0.3) is 0 Å². The van der Waals surface area contributed by atoms with Gasteiger partial charge in [-0.05, 0) is 43.1 Å². The SMILES string of the molecule is CCCC(C)NCCn1nc(C)c(Br)c1C. The second-order valence-electron chi connectivity index (χ2n) is 4.35. The standard InChI is InChI=1S/C12H22BrN3/c1-5-6-9(2)14-7-8-16-11(4)12(13)10(3)15-16/h9,14H,5-8H2,1-4H3. The maximum atomic E-state index is 4.48. The lowest BCUT2D eigenvalue weighted by Gasteiger charge is -2.12. The molecule has 0 aliphatic carbocycles. The Kier molecular flexibility index (Phi) is 5.49. The molecule has 4 heteroatoms. The van der Waals surface area contributed by atoms with E-state index < -0.39 is 0 Å². The number of halogens is 1. The molecule has 0 aliphatic rings. The Labute approximate surface area is 107 Å². The van der Waals surface area contributed by atoms with E-state index in [4.69, 9.17) is 0 Å². The van der Waals surface area contributed by atoms with E-state index in [0.717, 1.165) is 23.3 Å². The third-order valence-electron chi connectivity index (χ3n) is 2.83. The smallest absolute Gasteiger partial charge is 0.0738 e. The van der Waals surface area contributed by atoms with E-state index in [-0.39, 0.29) is 0 Å². The Morgan fingerprint density at radius 3 is 2.62 bits per heavy atom. The fraction of sp³-hybridized carbons (Fsp3) is 0.750. The largest absolute Gasteiger partial charge is 0.312 e. The second-order valence-corrected chi connectivity index (χ2v) is 5.14. The third kappa shape index (κ3) is 3.59. The maximum absolute atomic E-state index is 4.48. The minimum atomic E-state index is 0.602. The molecule has 1 N–H and O–H groups in total. The lowest BCUT2D eigenvalue weighted by molar-refractivity contribution is 0.468. The molecule has 1 aromatic heterocycles. The summed E-state index contributed by atoms with van der Waals surface area (Å²) in [5.41, 5.74) is 2.28. The van der Waals surface area contributed by atoms with E-state index in [0.29, 0.717) is 6.04 Å². The maximum Gasteiger partial charge on any atom is 0.0738 e. The first-order valence-corrected chi connectivity index (χ1v) is 6.78. The molecular weight excluding hydrogens is 266 g/mol. The zero-order valence-electron chi connectivity index (χ0n) is 10.7. The Bertz CT molecular complexity index is 333. The fourth-order valence-corrected chi connectivity index (χ4v) is 2.13. The summed E-state index contributed by atoms with van der Waals surface area (Å²) in [5.74, 6) is 0. The van der Waals surface area contributed by atoms with Crippen LogP contribution < -0.4 is 5.32 Å². The minimum Gasteiger partial charge on any atom is -0.312 e. The Hall–Kier alpha value is -0.350. The molecule has 0 fully saturated rings.